The number of aromatic amines is 1. The van der Waals surface area contributed by atoms with Crippen LogP contribution in [0.5, 0.6) is 0 Å². The first-order chi connectivity index (χ1) is 8.58. The van der Waals surface area contributed by atoms with Crippen LogP contribution >= 0.6 is 27.5 Å². The molecule has 0 unspecified atom stereocenters. The molecule has 0 atom stereocenters. The van der Waals surface area contributed by atoms with Crippen molar-refractivity contribution in [3.63, 3.8) is 0 Å². The van der Waals surface area contributed by atoms with E-state index in [4.69, 9.17) is 11.6 Å². The fraction of sp³-hybridized carbons (Fsp3) is 0. The van der Waals surface area contributed by atoms with Gasteiger partial charge in [-0.3, -0.25) is 9.59 Å². The van der Waals surface area contributed by atoms with E-state index >= 15 is 0 Å². The zero-order valence-electron chi connectivity index (χ0n) is 9.04. The summed E-state index contributed by atoms with van der Waals surface area (Å²) < 4.78 is 0.670. The van der Waals surface area contributed by atoms with E-state index in [-0.39, 0.29) is 11.0 Å². The second-order valence-electron chi connectivity index (χ2n) is 3.51. The van der Waals surface area contributed by atoms with Gasteiger partial charge in [-0.1, -0.05) is 11.6 Å². The summed E-state index contributed by atoms with van der Waals surface area (Å²) >= 11 is 9.10. The van der Waals surface area contributed by atoms with E-state index in [0.29, 0.717) is 15.2 Å². The molecule has 92 valence electrons. The number of aromatic nitrogens is 1. The number of pyridine rings is 1. The van der Waals surface area contributed by atoms with Crippen molar-refractivity contribution in [1.29, 1.82) is 0 Å². The summed E-state index contributed by atoms with van der Waals surface area (Å²) in [4.78, 5) is 26.0. The van der Waals surface area contributed by atoms with Crippen LogP contribution in [0.1, 0.15) is 10.4 Å². The molecule has 1 aromatic carbocycles. The maximum Gasteiger partial charge on any atom is 0.261 e. The van der Waals surface area contributed by atoms with Crippen LogP contribution in [0.3, 0.4) is 0 Å². The average molecular weight is 328 g/mol. The average Bonchev–Trinajstić information content (AvgIpc) is 2.34. The minimum Gasteiger partial charge on any atom is -0.367 e. The predicted molar refractivity (Wildman–Crippen MR) is 74.2 cm³/mol. The summed E-state index contributed by atoms with van der Waals surface area (Å²) in [5.74, 6) is -0.467. The molecular formula is C12H8BrClN2O2. The lowest BCUT2D eigenvalue weighted by Crippen LogP contribution is -2.20. The molecule has 6 heteroatoms. The van der Waals surface area contributed by atoms with Gasteiger partial charge in [-0.25, -0.2) is 0 Å². The third-order valence-electron chi connectivity index (χ3n) is 2.25. The highest BCUT2D eigenvalue weighted by molar-refractivity contribution is 9.10. The highest BCUT2D eigenvalue weighted by atomic mass is 79.9. The maximum absolute atomic E-state index is 11.9. The number of carbonyl (C=O) groups excluding carboxylic acids is 1. The van der Waals surface area contributed by atoms with Crippen LogP contribution in [0.15, 0.2) is 45.9 Å². The Balaban J connectivity index is 2.24. The van der Waals surface area contributed by atoms with Crippen molar-refractivity contribution in [2.24, 2.45) is 0 Å². The van der Waals surface area contributed by atoms with E-state index in [1.54, 1.807) is 18.2 Å². The first-order valence-corrected chi connectivity index (χ1v) is 6.18. The summed E-state index contributed by atoms with van der Waals surface area (Å²) in [6.07, 6.45) is 2.83. The van der Waals surface area contributed by atoms with E-state index in [1.807, 2.05) is 0 Å². The van der Waals surface area contributed by atoms with Crippen LogP contribution in [0.25, 0.3) is 0 Å². The molecule has 2 N–H and O–H groups in total. The number of amides is 1. The van der Waals surface area contributed by atoms with Crippen molar-refractivity contribution < 1.29 is 4.79 Å². The summed E-state index contributed by atoms with van der Waals surface area (Å²) in [5.41, 5.74) is 0.280. The number of hydrogen-bond donors (Lipinski definition) is 2. The molecule has 0 aliphatic rings. The molecule has 1 heterocycles. The molecule has 0 aliphatic heterocycles. The van der Waals surface area contributed by atoms with E-state index in [0.717, 1.165) is 0 Å². The number of anilines is 1. The second kappa shape index (κ2) is 5.37. The van der Waals surface area contributed by atoms with Gasteiger partial charge in [-0.15, -0.1) is 0 Å². The largest absolute Gasteiger partial charge is 0.367 e. The number of halogens is 2. The van der Waals surface area contributed by atoms with Crippen LogP contribution in [0.2, 0.25) is 5.02 Å². The molecule has 2 aromatic rings. The Morgan fingerprint density at radius 1 is 1.33 bits per heavy atom. The summed E-state index contributed by atoms with van der Waals surface area (Å²) in [5, 5.41) is 3.17. The van der Waals surface area contributed by atoms with Crippen molar-refractivity contribution >= 4 is 39.1 Å². The Morgan fingerprint density at radius 2 is 2.11 bits per heavy atom. The zero-order valence-corrected chi connectivity index (χ0v) is 11.4. The lowest BCUT2D eigenvalue weighted by Gasteiger charge is -2.05. The van der Waals surface area contributed by atoms with Crippen molar-refractivity contribution in [2.45, 2.75) is 0 Å². The Bertz CT molecular complexity index is 655. The monoisotopic (exact) mass is 326 g/mol. The standard InChI is InChI=1S/C12H8BrClN2O2/c13-9-5-7(1-2-10(9)14)16-12(18)8-6-15-4-3-11(8)17/h1-6H,(H,15,17)(H,16,18). The molecule has 0 aliphatic carbocycles. The van der Waals surface area contributed by atoms with Gasteiger partial charge in [0.25, 0.3) is 5.91 Å². The second-order valence-corrected chi connectivity index (χ2v) is 4.77. The Labute approximate surface area is 116 Å². The quantitative estimate of drug-likeness (QED) is 0.890. The summed E-state index contributed by atoms with van der Waals surface area (Å²) in [6, 6.07) is 6.27. The van der Waals surface area contributed by atoms with E-state index in [9.17, 15) is 9.59 Å². The molecular weight excluding hydrogens is 320 g/mol. The molecule has 4 nitrogen and oxygen atoms in total. The van der Waals surface area contributed by atoms with Crippen LogP contribution in [-0.2, 0) is 0 Å². The Morgan fingerprint density at radius 3 is 2.78 bits per heavy atom. The fourth-order valence-corrected chi connectivity index (χ4v) is 1.86. The smallest absolute Gasteiger partial charge is 0.261 e. The van der Waals surface area contributed by atoms with Crippen LogP contribution in [-0.4, -0.2) is 10.9 Å². The molecule has 18 heavy (non-hydrogen) atoms. The van der Waals surface area contributed by atoms with E-state index < -0.39 is 5.91 Å². The number of H-pyrrole nitrogens is 1. The van der Waals surface area contributed by atoms with Gasteiger partial charge in [-0.05, 0) is 34.1 Å². The van der Waals surface area contributed by atoms with Gasteiger partial charge >= 0.3 is 0 Å². The van der Waals surface area contributed by atoms with Gasteiger partial charge in [-0.2, -0.15) is 0 Å². The lowest BCUT2D eigenvalue weighted by atomic mass is 10.2. The number of hydrogen-bond acceptors (Lipinski definition) is 2. The van der Waals surface area contributed by atoms with Crippen molar-refractivity contribution in [3.8, 4) is 0 Å². The van der Waals surface area contributed by atoms with Crippen LogP contribution < -0.4 is 10.7 Å². The Kier molecular flexibility index (Phi) is 3.84. The van der Waals surface area contributed by atoms with Gasteiger partial charge in [0, 0.05) is 28.6 Å². The molecule has 0 saturated heterocycles. The van der Waals surface area contributed by atoms with Crippen molar-refractivity contribution in [2.75, 3.05) is 5.32 Å². The molecule has 0 spiro atoms. The molecule has 2 rings (SSSR count). The summed E-state index contributed by atoms with van der Waals surface area (Å²) in [7, 11) is 0. The first-order valence-electron chi connectivity index (χ1n) is 5.01. The third-order valence-corrected chi connectivity index (χ3v) is 3.46. The normalized spacial score (nSPS) is 10.1. The van der Waals surface area contributed by atoms with Crippen LogP contribution in [0.4, 0.5) is 5.69 Å². The lowest BCUT2D eigenvalue weighted by molar-refractivity contribution is 0.102. The topological polar surface area (TPSA) is 62.0 Å². The SMILES string of the molecule is O=C(Nc1ccc(Cl)c(Br)c1)c1c[nH]ccc1=O. The number of benzene rings is 1. The number of carbonyl (C=O) groups is 1. The first kappa shape index (κ1) is 12.9. The van der Waals surface area contributed by atoms with Gasteiger partial charge < -0.3 is 10.3 Å². The molecule has 0 fully saturated rings. The molecule has 0 bridgehead atoms. The van der Waals surface area contributed by atoms with Crippen molar-refractivity contribution in [3.05, 3.63) is 61.9 Å². The number of nitrogens with one attached hydrogen (secondary N) is 2. The molecule has 1 amide bonds. The third kappa shape index (κ3) is 2.80. The zero-order chi connectivity index (χ0) is 13.1. The molecule has 0 radical (unpaired) electrons. The molecule has 1 aromatic heterocycles. The summed E-state index contributed by atoms with van der Waals surface area (Å²) in [6.45, 7) is 0. The van der Waals surface area contributed by atoms with Crippen LogP contribution in [0, 0.1) is 0 Å². The van der Waals surface area contributed by atoms with E-state index in [2.05, 4.69) is 26.2 Å². The van der Waals surface area contributed by atoms with Gasteiger partial charge in [0.2, 0.25) is 0 Å². The van der Waals surface area contributed by atoms with Crippen molar-refractivity contribution in [1.82, 2.24) is 4.98 Å². The highest BCUT2D eigenvalue weighted by Crippen LogP contribution is 2.25. The van der Waals surface area contributed by atoms with Gasteiger partial charge in [0.05, 0.1) is 5.02 Å². The fourth-order valence-electron chi connectivity index (χ4n) is 1.37. The van der Waals surface area contributed by atoms with Gasteiger partial charge in [0.1, 0.15) is 5.56 Å². The number of rotatable bonds is 2. The highest BCUT2D eigenvalue weighted by Gasteiger charge is 2.10. The maximum atomic E-state index is 11.9. The van der Waals surface area contributed by atoms with Gasteiger partial charge in [0.15, 0.2) is 5.43 Å². The predicted octanol–water partition coefficient (Wildman–Crippen LogP) is 3.04. The molecule has 0 saturated carbocycles. The minimum absolute atomic E-state index is 0.0589. The Hall–Kier alpha value is -1.59. The minimum atomic E-state index is -0.467. The van der Waals surface area contributed by atoms with E-state index in [1.165, 1.54) is 18.5 Å².